The summed E-state index contributed by atoms with van der Waals surface area (Å²) in [6, 6.07) is 17.2. The van der Waals surface area contributed by atoms with Crippen molar-refractivity contribution in [2.75, 3.05) is 23.8 Å². The maximum atomic E-state index is 12.9. The van der Waals surface area contributed by atoms with Crippen LogP contribution in [0.2, 0.25) is 0 Å². The molecule has 0 aliphatic heterocycles. The number of nitrogens with one attached hydrogen (secondary N) is 2. The zero-order valence-corrected chi connectivity index (χ0v) is 15.6. The Morgan fingerprint density at radius 3 is 2.57 bits per heavy atom. The van der Waals surface area contributed by atoms with Gasteiger partial charge in [-0.2, -0.15) is 0 Å². The molecule has 1 heterocycles. The van der Waals surface area contributed by atoms with E-state index in [0.717, 1.165) is 17.7 Å². The largest absolute Gasteiger partial charge is 0.492 e. The number of benzene rings is 2. The van der Waals surface area contributed by atoms with E-state index in [4.69, 9.17) is 4.74 Å². The van der Waals surface area contributed by atoms with E-state index in [1.807, 2.05) is 19.1 Å². The van der Waals surface area contributed by atoms with Gasteiger partial charge in [0.05, 0.1) is 24.2 Å². The predicted octanol–water partition coefficient (Wildman–Crippen LogP) is 4.53. The number of ether oxygens (including phenoxy) is 1. The van der Waals surface area contributed by atoms with Gasteiger partial charge in [-0.05, 0) is 55.3 Å². The Balaban J connectivity index is 1.55. The summed E-state index contributed by atoms with van der Waals surface area (Å²) in [5.74, 6) is 0.0844. The number of hydrogen-bond acceptors (Lipinski definition) is 4. The van der Waals surface area contributed by atoms with Crippen molar-refractivity contribution in [2.45, 2.75) is 13.3 Å². The molecule has 0 aliphatic carbocycles. The van der Waals surface area contributed by atoms with E-state index in [-0.39, 0.29) is 11.7 Å². The number of aromatic nitrogens is 1. The number of carbonyl (C=O) groups excluding carboxylic acids is 1. The summed E-state index contributed by atoms with van der Waals surface area (Å²) < 4.78 is 18.4. The van der Waals surface area contributed by atoms with Gasteiger partial charge < -0.3 is 15.4 Å². The normalized spacial score (nSPS) is 10.4. The summed E-state index contributed by atoms with van der Waals surface area (Å²) in [5.41, 5.74) is 2.78. The van der Waals surface area contributed by atoms with Crippen molar-refractivity contribution in [2.24, 2.45) is 0 Å². The molecule has 1 amide bonds. The highest BCUT2D eigenvalue weighted by Crippen LogP contribution is 2.24. The minimum Gasteiger partial charge on any atom is -0.492 e. The molecule has 0 spiro atoms. The van der Waals surface area contributed by atoms with Gasteiger partial charge in [-0.25, -0.2) is 9.37 Å². The van der Waals surface area contributed by atoms with Crippen molar-refractivity contribution in [3.63, 3.8) is 0 Å². The van der Waals surface area contributed by atoms with Gasteiger partial charge in [-0.1, -0.05) is 24.3 Å². The van der Waals surface area contributed by atoms with Crippen LogP contribution in [0.1, 0.15) is 23.0 Å². The lowest BCUT2D eigenvalue weighted by Crippen LogP contribution is -2.15. The van der Waals surface area contributed by atoms with Crippen LogP contribution in [0.15, 0.2) is 66.9 Å². The highest BCUT2D eigenvalue weighted by atomic mass is 19.1. The molecule has 0 saturated heterocycles. The van der Waals surface area contributed by atoms with Gasteiger partial charge in [-0.15, -0.1) is 0 Å². The first-order valence-corrected chi connectivity index (χ1v) is 9.13. The Kier molecular flexibility index (Phi) is 6.57. The number of amides is 1. The van der Waals surface area contributed by atoms with Crippen LogP contribution in [0, 0.1) is 5.82 Å². The molecule has 0 radical (unpaired) electrons. The number of carbonyl (C=O) groups is 1. The second kappa shape index (κ2) is 9.50. The summed E-state index contributed by atoms with van der Waals surface area (Å²) in [4.78, 5) is 16.7. The third-order valence-electron chi connectivity index (χ3n) is 4.09. The van der Waals surface area contributed by atoms with Crippen molar-refractivity contribution in [1.29, 1.82) is 0 Å². The van der Waals surface area contributed by atoms with Crippen LogP contribution < -0.4 is 15.4 Å². The number of hydrogen-bond donors (Lipinski definition) is 2. The lowest BCUT2D eigenvalue weighted by Gasteiger charge is -2.11. The second-order valence-electron chi connectivity index (χ2n) is 6.12. The van der Waals surface area contributed by atoms with E-state index in [9.17, 15) is 9.18 Å². The Morgan fingerprint density at radius 2 is 1.86 bits per heavy atom. The minimum absolute atomic E-state index is 0.237. The lowest BCUT2D eigenvalue weighted by atomic mass is 10.1. The van der Waals surface area contributed by atoms with Gasteiger partial charge in [-0.3, -0.25) is 4.79 Å². The zero-order valence-electron chi connectivity index (χ0n) is 15.6. The smallest absolute Gasteiger partial charge is 0.274 e. The molecule has 5 nitrogen and oxygen atoms in total. The quantitative estimate of drug-likeness (QED) is 0.604. The van der Waals surface area contributed by atoms with E-state index >= 15 is 0 Å². The van der Waals surface area contributed by atoms with Gasteiger partial charge in [0.1, 0.15) is 17.3 Å². The molecule has 6 heteroatoms. The monoisotopic (exact) mass is 379 g/mol. The number of rotatable bonds is 8. The molecule has 0 bridgehead atoms. The summed E-state index contributed by atoms with van der Waals surface area (Å²) in [6.45, 7) is 3.09. The fraction of sp³-hybridized carbons (Fsp3) is 0.182. The SMILES string of the molecule is CCOc1ccccc1NC(=O)c1ccc(NCCc2ccc(F)cc2)cn1. The molecule has 2 aromatic carbocycles. The van der Waals surface area contributed by atoms with Gasteiger partial charge >= 0.3 is 0 Å². The fourth-order valence-electron chi connectivity index (χ4n) is 2.67. The molecule has 0 fully saturated rings. The Morgan fingerprint density at radius 1 is 1.07 bits per heavy atom. The molecular formula is C22H22FN3O2. The zero-order chi connectivity index (χ0) is 19.8. The standard InChI is InChI=1S/C22H22FN3O2/c1-2-28-21-6-4-3-5-19(21)26-22(27)20-12-11-18(15-25-20)24-14-13-16-7-9-17(23)10-8-16/h3-12,15,24H,2,13-14H2,1H3,(H,26,27). The highest BCUT2D eigenvalue weighted by molar-refractivity contribution is 6.03. The van der Waals surface area contributed by atoms with E-state index in [1.165, 1.54) is 12.1 Å². The predicted molar refractivity (Wildman–Crippen MR) is 108 cm³/mol. The van der Waals surface area contributed by atoms with Crippen LogP contribution in [0.25, 0.3) is 0 Å². The molecule has 3 rings (SSSR count). The van der Waals surface area contributed by atoms with E-state index < -0.39 is 0 Å². The molecular weight excluding hydrogens is 357 g/mol. The molecule has 3 aromatic rings. The summed E-state index contributed by atoms with van der Waals surface area (Å²) >= 11 is 0. The lowest BCUT2D eigenvalue weighted by molar-refractivity contribution is 0.102. The van der Waals surface area contributed by atoms with Crippen molar-refractivity contribution in [3.8, 4) is 5.75 Å². The number of nitrogens with zero attached hydrogens (tertiary/aromatic N) is 1. The molecule has 28 heavy (non-hydrogen) atoms. The van der Waals surface area contributed by atoms with Crippen LogP contribution in [0.3, 0.4) is 0 Å². The highest BCUT2D eigenvalue weighted by Gasteiger charge is 2.10. The Hall–Kier alpha value is -3.41. The fourth-order valence-corrected chi connectivity index (χ4v) is 2.67. The molecule has 0 aliphatic rings. The summed E-state index contributed by atoms with van der Waals surface area (Å²) in [5, 5.41) is 6.06. The first kappa shape index (κ1) is 19.4. The number of anilines is 2. The maximum absolute atomic E-state index is 12.9. The van der Waals surface area contributed by atoms with Gasteiger partial charge in [0.2, 0.25) is 0 Å². The second-order valence-corrected chi connectivity index (χ2v) is 6.12. The van der Waals surface area contributed by atoms with Crippen LogP contribution in [-0.2, 0) is 6.42 Å². The molecule has 144 valence electrons. The average Bonchev–Trinajstić information content (AvgIpc) is 2.71. The van der Waals surface area contributed by atoms with Crippen LogP contribution in [0.5, 0.6) is 5.75 Å². The number of para-hydroxylation sites is 2. The third kappa shape index (κ3) is 5.30. The maximum Gasteiger partial charge on any atom is 0.274 e. The topological polar surface area (TPSA) is 63.2 Å². The summed E-state index contributed by atoms with van der Waals surface area (Å²) in [7, 11) is 0. The van der Waals surface area contributed by atoms with Gasteiger partial charge in [0.15, 0.2) is 0 Å². The number of halogens is 1. The molecule has 1 aromatic heterocycles. The van der Waals surface area contributed by atoms with Gasteiger partial charge in [0.25, 0.3) is 5.91 Å². The summed E-state index contributed by atoms with van der Waals surface area (Å²) in [6.07, 6.45) is 2.38. The molecule has 0 saturated carbocycles. The van der Waals surface area contributed by atoms with Crippen LogP contribution in [-0.4, -0.2) is 24.0 Å². The van der Waals surface area contributed by atoms with Crippen LogP contribution in [0.4, 0.5) is 15.8 Å². The molecule has 0 atom stereocenters. The minimum atomic E-state index is -0.301. The van der Waals surface area contributed by atoms with E-state index in [2.05, 4.69) is 15.6 Å². The van der Waals surface area contributed by atoms with Crippen LogP contribution >= 0.6 is 0 Å². The van der Waals surface area contributed by atoms with E-state index in [0.29, 0.717) is 30.3 Å². The van der Waals surface area contributed by atoms with Gasteiger partial charge in [0, 0.05) is 6.54 Å². The first-order chi connectivity index (χ1) is 13.7. The average molecular weight is 379 g/mol. The molecule has 2 N–H and O–H groups in total. The first-order valence-electron chi connectivity index (χ1n) is 9.13. The third-order valence-corrected chi connectivity index (χ3v) is 4.09. The van der Waals surface area contributed by atoms with E-state index in [1.54, 1.807) is 42.6 Å². The Bertz CT molecular complexity index is 912. The molecule has 0 unspecified atom stereocenters. The van der Waals surface area contributed by atoms with Crippen molar-refractivity contribution in [3.05, 3.63) is 83.9 Å². The Labute approximate surface area is 163 Å². The van der Waals surface area contributed by atoms with Crippen molar-refractivity contribution >= 4 is 17.3 Å². The van der Waals surface area contributed by atoms with Crippen molar-refractivity contribution in [1.82, 2.24) is 4.98 Å². The van der Waals surface area contributed by atoms with Crippen molar-refractivity contribution < 1.29 is 13.9 Å². The number of pyridine rings is 1.